The zero-order valence-electron chi connectivity index (χ0n) is 11.0. The molecule has 0 fully saturated rings. The zero-order valence-corrected chi connectivity index (χ0v) is 11.0. The molecule has 0 bridgehead atoms. The summed E-state index contributed by atoms with van der Waals surface area (Å²) in [4.78, 5) is 34.4. The standard InChI is InChI=1S/C11H21N3O4/c1-8(2)13-9(15)7-12-11(18)14(3)6-4-5-10(16)17/h8H,4-7H2,1-3H3,(H,12,18)(H,13,15)(H,16,17). The largest absolute Gasteiger partial charge is 0.481 e. The van der Waals surface area contributed by atoms with Gasteiger partial charge in [-0.15, -0.1) is 0 Å². The monoisotopic (exact) mass is 259 g/mol. The summed E-state index contributed by atoms with van der Waals surface area (Å²) in [5.74, 6) is -1.14. The van der Waals surface area contributed by atoms with Crippen LogP contribution in [0.4, 0.5) is 4.79 Å². The molecule has 0 saturated carbocycles. The summed E-state index contributed by atoms with van der Waals surface area (Å²) < 4.78 is 0. The van der Waals surface area contributed by atoms with Gasteiger partial charge in [0, 0.05) is 26.1 Å². The lowest BCUT2D eigenvalue weighted by Crippen LogP contribution is -2.44. The van der Waals surface area contributed by atoms with Crippen LogP contribution in [0.15, 0.2) is 0 Å². The van der Waals surface area contributed by atoms with Gasteiger partial charge in [0.1, 0.15) is 0 Å². The van der Waals surface area contributed by atoms with Crippen molar-refractivity contribution in [3.63, 3.8) is 0 Å². The number of nitrogens with zero attached hydrogens (tertiary/aromatic N) is 1. The molecule has 0 aromatic heterocycles. The first-order valence-corrected chi connectivity index (χ1v) is 5.83. The first-order chi connectivity index (χ1) is 8.32. The molecular formula is C11H21N3O4. The highest BCUT2D eigenvalue weighted by atomic mass is 16.4. The molecule has 104 valence electrons. The van der Waals surface area contributed by atoms with E-state index in [2.05, 4.69) is 10.6 Å². The van der Waals surface area contributed by atoms with Gasteiger partial charge in [-0.1, -0.05) is 0 Å². The number of aliphatic carboxylic acids is 1. The van der Waals surface area contributed by atoms with Gasteiger partial charge in [-0.2, -0.15) is 0 Å². The van der Waals surface area contributed by atoms with E-state index >= 15 is 0 Å². The molecule has 0 aliphatic heterocycles. The summed E-state index contributed by atoms with van der Waals surface area (Å²) in [5, 5.41) is 13.6. The van der Waals surface area contributed by atoms with Crippen LogP contribution in [0.5, 0.6) is 0 Å². The van der Waals surface area contributed by atoms with Crippen molar-refractivity contribution in [3.8, 4) is 0 Å². The van der Waals surface area contributed by atoms with E-state index in [0.717, 1.165) is 0 Å². The maximum absolute atomic E-state index is 11.5. The Bertz CT molecular complexity index is 305. The molecule has 7 nitrogen and oxygen atoms in total. The van der Waals surface area contributed by atoms with Crippen molar-refractivity contribution in [2.45, 2.75) is 32.7 Å². The highest BCUT2D eigenvalue weighted by Gasteiger charge is 2.10. The summed E-state index contributed by atoms with van der Waals surface area (Å²) in [6.07, 6.45) is 0.406. The second-order valence-electron chi connectivity index (χ2n) is 4.30. The fourth-order valence-corrected chi connectivity index (χ4v) is 1.23. The van der Waals surface area contributed by atoms with Crippen LogP contribution in [0.25, 0.3) is 0 Å². The Labute approximate surface area is 107 Å². The smallest absolute Gasteiger partial charge is 0.317 e. The Balaban J connectivity index is 3.80. The van der Waals surface area contributed by atoms with Crippen molar-refractivity contribution >= 4 is 17.9 Å². The number of carbonyl (C=O) groups is 3. The van der Waals surface area contributed by atoms with Crippen molar-refractivity contribution in [2.24, 2.45) is 0 Å². The number of hydrogen-bond donors (Lipinski definition) is 3. The molecule has 0 aromatic rings. The van der Waals surface area contributed by atoms with Gasteiger partial charge in [0.05, 0.1) is 6.54 Å². The lowest BCUT2D eigenvalue weighted by atomic mass is 10.3. The minimum atomic E-state index is -0.889. The molecule has 0 rings (SSSR count). The van der Waals surface area contributed by atoms with Crippen LogP contribution in [0.3, 0.4) is 0 Å². The van der Waals surface area contributed by atoms with Crippen LogP contribution >= 0.6 is 0 Å². The Morgan fingerprint density at radius 2 is 1.89 bits per heavy atom. The molecule has 7 heteroatoms. The molecule has 18 heavy (non-hydrogen) atoms. The summed E-state index contributed by atoms with van der Waals surface area (Å²) >= 11 is 0. The molecule has 0 aliphatic carbocycles. The van der Waals surface area contributed by atoms with Crippen LogP contribution in [0.1, 0.15) is 26.7 Å². The van der Waals surface area contributed by atoms with Gasteiger partial charge in [0.2, 0.25) is 5.91 Å². The van der Waals surface area contributed by atoms with E-state index in [1.54, 1.807) is 7.05 Å². The molecule has 0 aromatic carbocycles. The van der Waals surface area contributed by atoms with Crippen molar-refractivity contribution in [1.82, 2.24) is 15.5 Å². The number of rotatable bonds is 7. The number of nitrogens with one attached hydrogen (secondary N) is 2. The molecule has 0 heterocycles. The average Bonchev–Trinajstić information content (AvgIpc) is 2.24. The Morgan fingerprint density at radius 3 is 2.39 bits per heavy atom. The maximum Gasteiger partial charge on any atom is 0.317 e. The highest BCUT2D eigenvalue weighted by Crippen LogP contribution is 1.93. The third-order valence-corrected chi connectivity index (χ3v) is 2.08. The first kappa shape index (κ1) is 16.2. The SMILES string of the molecule is CC(C)NC(=O)CNC(=O)N(C)CCCC(=O)O. The number of amides is 3. The van der Waals surface area contributed by atoms with Crippen molar-refractivity contribution < 1.29 is 19.5 Å². The van der Waals surface area contributed by atoms with Gasteiger partial charge in [-0.3, -0.25) is 9.59 Å². The molecule has 0 unspecified atom stereocenters. The molecule has 0 radical (unpaired) electrons. The van der Waals surface area contributed by atoms with Crippen molar-refractivity contribution in [1.29, 1.82) is 0 Å². The molecule has 3 N–H and O–H groups in total. The maximum atomic E-state index is 11.5. The number of carbonyl (C=O) groups excluding carboxylic acids is 2. The number of urea groups is 1. The van der Waals surface area contributed by atoms with Crippen molar-refractivity contribution in [3.05, 3.63) is 0 Å². The quantitative estimate of drug-likeness (QED) is 0.600. The van der Waals surface area contributed by atoms with E-state index in [-0.39, 0.29) is 30.9 Å². The molecule has 0 aliphatic rings. The summed E-state index contributed by atoms with van der Waals surface area (Å²) in [6, 6.07) is -0.359. The molecule has 0 saturated heterocycles. The Kier molecular flexibility index (Phi) is 7.50. The van der Waals surface area contributed by atoms with E-state index < -0.39 is 5.97 Å². The van der Waals surface area contributed by atoms with E-state index in [4.69, 9.17) is 5.11 Å². The van der Waals surface area contributed by atoms with Gasteiger partial charge in [-0.25, -0.2) is 4.79 Å². The van der Waals surface area contributed by atoms with Gasteiger partial charge in [-0.05, 0) is 20.3 Å². The van der Waals surface area contributed by atoms with Gasteiger partial charge in [0.15, 0.2) is 0 Å². The Hall–Kier alpha value is -1.79. The van der Waals surface area contributed by atoms with Crippen LogP contribution in [-0.2, 0) is 9.59 Å². The van der Waals surface area contributed by atoms with Crippen LogP contribution in [0.2, 0.25) is 0 Å². The predicted molar refractivity (Wildman–Crippen MR) is 66.2 cm³/mol. The highest BCUT2D eigenvalue weighted by molar-refractivity contribution is 5.83. The number of carboxylic acids is 1. The summed E-state index contributed by atoms with van der Waals surface area (Å²) in [7, 11) is 1.55. The summed E-state index contributed by atoms with van der Waals surface area (Å²) in [6.45, 7) is 3.92. The lowest BCUT2D eigenvalue weighted by molar-refractivity contribution is -0.137. The molecule has 0 spiro atoms. The Morgan fingerprint density at radius 1 is 1.28 bits per heavy atom. The number of hydrogen-bond acceptors (Lipinski definition) is 3. The van der Waals surface area contributed by atoms with E-state index in [0.29, 0.717) is 13.0 Å². The van der Waals surface area contributed by atoms with Crippen LogP contribution in [-0.4, -0.2) is 54.1 Å². The van der Waals surface area contributed by atoms with Gasteiger partial charge >= 0.3 is 12.0 Å². The number of carboxylic acid groups (broad SMARTS) is 1. The molecular weight excluding hydrogens is 238 g/mol. The lowest BCUT2D eigenvalue weighted by Gasteiger charge is -2.17. The van der Waals surface area contributed by atoms with Gasteiger partial charge in [0.25, 0.3) is 0 Å². The van der Waals surface area contributed by atoms with Gasteiger partial charge < -0.3 is 20.6 Å². The van der Waals surface area contributed by atoms with E-state index in [1.165, 1.54) is 4.90 Å². The fourth-order valence-electron chi connectivity index (χ4n) is 1.23. The van der Waals surface area contributed by atoms with Crippen LogP contribution < -0.4 is 10.6 Å². The van der Waals surface area contributed by atoms with Crippen molar-refractivity contribution in [2.75, 3.05) is 20.1 Å². The topological polar surface area (TPSA) is 98.7 Å². The third-order valence-electron chi connectivity index (χ3n) is 2.08. The second kappa shape index (κ2) is 8.32. The fraction of sp³-hybridized carbons (Fsp3) is 0.727. The zero-order chi connectivity index (χ0) is 14.1. The van der Waals surface area contributed by atoms with E-state index in [1.807, 2.05) is 13.8 Å². The minimum absolute atomic E-state index is 0.0193. The molecule has 3 amide bonds. The third kappa shape index (κ3) is 8.37. The second-order valence-corrected chi connectivity index (χ2v) is 4.30. The average molecular weight is 259 g/mol. The van der Waals surface area contributed by atoms with E-state index in [9.17, 15) is 14.4 Å². The minimum Gasteiger partial charge on any atom is -0.481 e. The molecule has 0 atom stereocenters. The van der Waals surface area contributed by atoms with Crippen LogP contribution in [0, 0.1) is 0 Å². The normalized spacial score (nSPS) is 10.0. The first-order valence-electron chi connectivity index (χ1n) is 5.83. The predicted octanol–water partition coefficient (Wildman–Crippen LogP) is 0.0172. The summed E-state index contributed by atoms with van der Waals surface area (Å²) in [5.41, 5.74) is 0.